The van der Waals surface area contributed by atoms with Gasteiger partial charge in [0.1, 0.15) is 31.5 Å². The van der Waals surface area contributed by atoms with E-state index in [1.807, 2.05) is 60.7 Å². The third-order valence-electron chi connectivity index (χ3n) is 11.7. The van der Waals surface area contributed by atoms with Gasteiger partial charge in [0.05, 0.1) is 39.6 Å². The second-order valence-corrected chi connectivity index (χ2v) is 17.7. The van der Waals surface area contributed by atoms with Crippen LogP contribution in [0.4, 0.5) is 9.59 Å². The van der Waals surface area contributed by atoms with Crippen molar-refractivity contribution in [2.45, 2.75) is 113 Å². The summed E-state index contributed by atoms with van der Waals surface area (Å²) in [6.07, 6.45) is 6.92. The highest BCUT2D eigenvalue weighted by molar-refractivity contribution is 6.14. The van der Waals surface area contributed by atoms with Crippen molar-refractivity contribution < 1.29 is 90.9 Å². The van der Waals surface area contributed by atoms with Crippen molar-refractivity contribution in [1.82, 2.24) is 15.1 Å². The molecule has 2 N–H and O–H groups in total. The van der Waals surface area contributed by atoms with Crippen molar-refractivity contribution in [2.24, 2.45) is 23.7 Å². The highest BCUT2D eigenvalue weighted by atomic mass is 16.6. The number of ether oxygens (including phenoxy) is 8. The van der Waals surface area contributed by atoms with Gasteiger partial charge in [-0.3, -0.25) is 24.0 Å². The molecule has 2 aromatic carbocycles. The molecular formula is C57H83N3O19. The molecule has 22 heteroatoms. The lowest BCUT2D eigenvalue weighted by atomic mass is 9.88. The molecule has 0 unspecified atom stereocenters. The van der Waals surface area contributed by atoms with Crippen LogP contribution in [-0.2, 0) is 89.5 Å². The number of nitrogens with zero attached hydrogens (tertiary/aromatic N) is 2. The van der Waals surface area contributed by atoms with Gasteiger partial charge < -0.3 is 62.9 Å². The number of carbonyl (C=O) groups excluding carboxylic acids is 9. The Labute approximate surface area is 464 Å². The molecule has 0 aliphatic carbocycles. The number of carboxylic acid groups (broad SMARTS) is 1. The number of nitrogens with one attached hydrogen (secondary N) is 1. The number of carboxylic acids is 1. The van der Waals surface area contributed by atoms with Crippen molar-refractivity contribution in [2.75, 3.05) is 78.9 Å². The Hall–Kier alpha value is -7.36. The molecule has 0 radical (unpaired) electrons. The molecule has 2 aromatic rings. The monoisotopic (exact) mass is 1110 g/mol. The van der Waals surface area contributed by atoms with Gasteiger partial charge in [-0.2, -0.15) is 0 Å². The lowest BCUT2D eigenvalue weighted by Crippen LogP contribution is -2.39. The van der Waals surface area contributed by atoms with Gasteiger partial charge in [-0.05, 0) is 123 Å². The van der Waals surface area contributed by atoms with Crippen LogP contribution in [0.2, 0.25) is 0 Å². The van der Waals surface area contributed by atoms with Crippen LogP contribution < -0.4 is 5.32 Å². The Morgan fingerprint density at radius 3 is 1.27 bits per heavy atom. The van der Waals surface area contributed by atoms with Crippen molar-refractivity contribution in [3.05, 3.63) is 83.4 Å². The summed E-state index contributed by atoms with van der Waals surface area (Å²) in [5.74, 6) is -4.43. The van der Waals surface area contributed by atoms with E-state index >= 15 is 0 Å². The lowest BCUT2D eigenvalue weighted by molar-refractivity contribution is -0.163. The highest BCUT2D eigenvalue weighted by Gasteiger charge is 2.33. The van der Waals surface area contributed by atoms with Crippen molar-refractivity contribution in [1.29, 1.82) is 0 Å². The number of amides is 2. The molecule has 3 saturated heterocycles. The molecule has 3 aliphatic rings. The summed E-state index contributed by atoms with van der Waals surface area (Å²) in [6.45, 7) is 17.5. The SMILES string of the molecule is CC(=O)O.CCOC(=O)C(=CC1CCN(C(=O)OCc2ccccc2)CC1)C(=O)OCC.CCOC(=O)C(CC1CCNCC1)C(=O)OCC.CCOC(=O)CC(=O)OCC.O=CC1CCN(C(=O)OCc2ccccc2)CC1. The van der Waals surface area contributed by atoms with Crippen LogP contribution in [0.3, 0.4) is 0 Å². The van der Waals surface area contributed by atoms with E-state index in [2.05, 4.69) is 14.8 Å². The number of rotatable bonds is 20. The minimum absolute atomic E-state index is 0.0121. The zero-order chi connectivity index (χ0) is 58.8. The fourth-order valence-electron chi connectivity index (χ4n) is 7.73. The first-order chi connectivity index (χ1) is 38.0. The van der Waals surface area contributed by atoms with Crippen molar-refractivity contribution in [3.8, 4) is 0 Å². The van der Waals surface area contributed by atoms with Crippen LogP contribution in [-0.4, -0.2) is 154 Å². The molecule has 0 bridgehead atoms. The maximum atomic E-state index is 12.2. The molecule has 3 aliphatic heterocycles. The fourth-order valence-corrected chi connectivity index (χ4v) is 7.73. The largest absolute Gasteiger partial charge is 0.481 e. The molecule has 440 valence electrons. The van der Waals surface area contributed by atoms with E-state index in [4.69, 9.17) is 38.3 Å². The fraction of sp³-hybridized carbons (Fsp3) is 0.579. The smallest absolute Gasteiger partial charge is 0.410 e. The number of allylic oxidation sites excluding steroid dienone is 1. The molecule has 3 heterocycles. The quantitative estimate of drug-likeness (QED) is 0.0336. The maximum absolute atomic E-state index is 12.2. The van der Waals surface area contributed by atoms with Gasteiger partial charge in [0.25, 0.3) is 5.97 Å². The Kier molecular flexibility index (Phi) is 37.6. The maximum Gasteiger partial charge on any atom is 0.410 e. The van der Waals surface area contributed by atoms with E-state index in [-0.39, 0.29) is 69.1 Å². The molecule has 79 heavy (non-hydrogen) atoms. The van der Waals surface area contributed by atoms with Crippen molar-refractivity contribution in [3.63, 3.8) is 0 Å². The van der Waals surface area contributed by atoms with E-state index in [0.29, 0.717) is 71.2 Å². The number of aldehydes is 1. The van der Waals surface area contributed by atoms with Crippen LogP contribution in [0.5, 0.6) is 0 Å². The van der Waals surface area contributed by atoms with Gasteiger partial charge in [0.15, 0.2) is 5.92 Å². The molecule has 22 nitrogen and oxygen atoms in total. The molecule has 0 spiro atoms. The van der Waals surface area contributed by atoms with Gasteiger partial charge in [-0.15, -0.1) is 0 Å². The molecule has 0 aromatic heterocycles. The Balaban J connectivity index is 0.000000538. The molecule has 0 atom stereocenters. The van der Waals surface area contributed by atoms with Crippen LogP contribution in [0.25, 0.3) is 0 Å². The molecule has 0 saturated carbocycles. The summed E-state index contributed by atoms with van der Waals surface area (Å²) in [5.41, 5.74) is 1.84. The minimum Gasteiger partial charge on any atom is -0.481 e. The van der Waals surface area contributed by atoms with E-state index in [9.17, 15) is 43.2 Å². The van der Waals surface area contributed by atoms with E-state index in [0.717, 1.165) is 63.1 Å². The van der Waals surface area contributed by atoms with E-state index in [1.54, 1.807) is 57.4 Å². The number of benzene rings is 2. The summed E-state index contributed by atoms with van der Waals surface area (Å²) < 4.78 is 39.4. The predicted molar refractivity (Wildman–Crippen MR) is 287 cm³/mol. The summed E-state index contributed by atoms with van der Waals surface area (Å²) in [7, 11) is 0. The number of aliphatic carboxylic acids is 1. The number of hydrogen-bond donors (Lipinski definition) is 2. The van der Waals surface area contributed by atoms with E-state index in [1.165, 1.54) is 0 Å². The average Bonchev–Trinajstić information content (AvgIpc) is 3.44. The first-order valence-electron chi connectivity index (χ1n) is 26.9. The Morgan fingerprint density at radius 2 is 0.911 bits per heavy atom. The summed E-state index contributed by atoms with van der Waals surface area (Å²) in [4.78, 5) is 116. The van der Waals surface area contributed by atoms with E-state index < -0.39 is 47.7 Å². The number of esters is 6. The molecular weight excluding hydrogens is 1030 g/mol. The van der Waals surface area contributed by atoms with Crippen LogP contribution in [0.1, 0.15) is 111 Å². The second-order valence-electron chi connectivity index (χ2n) is 17.7. The number of piperidine rings is 3. The standard InChI is InChI=1S/C21H27NO6.C14H17NO3.C13H23NO4.C7H12O4.C2H4O2/c1-3-26-19(23)18(20(24)27-4-2)14-16-10-12-22(13-11-16)21(25)28-15-17-8-6-5-7-9-17;16-10-12-6-8-15(9-7-12)14(17)18-11-13-4-2-1-3-5-13;1-3-17-12(15)11(13(16)18-4-2)9-10-5-7-14-8-6-10;1-3-10-6(8)5-7(9)11-4-2;1-2(3)4/h5-9,14,16H,3-4,10-13,15H2,1-2H3;1-5,10,12H,6-9,11H2;10-11,14H,3-9H2,1-2H3;3-5H2,1-2H3;1H3,(H,3,4). The van der Waals surface area contributed by atoms with Crippen molar-refractivity contribution >= 4 is 60.3 Å². The van der Waals surface area contributed by atoms with Gasteiger partial charge in [0, 0.05) is 39.0 Å². The Morgan fingerprint density at radius 1 is 0.544 bits per heavy atom. The van der Waals surface area contributed by atoms with Crippen LogP contribution >= 0.6 is 0 Å². The predicted octanol–water partition coefficient (Wildman–Crippen LogP) is 7.03. The summed E-state index contributed by atoms with van der Waals surface area (Å²) >= 11 is 0. The van der Waals surface area contributed by atoms with Gasteiger partial charge in [-0.1, -0.05) is 66.7 Å². The van der Waals surface area contributed by atoms with Gasteiger partial charge in [-0.25, -0.2) is 19.2 Å². The first kappa shape index (κ1) is 69.7. The number of likely N-dealkylation sites (tertiary alicyclic amines) is 2. The Bertz CT molecular complexity index is 2090. The highest BCUT2D eigenvalue weighted by Crippen LogP contribution is 2.24. The third-order valence-corrected chi connectivity index (χ3v) is 11.7. The second kappa shape index (κ2) is 42.6. The third kappa shape index (κ3) is 31.6. The minimum atomic E-state index is -0.833. The van der Waals surface area contributed by atoms with Crippen LogP contribution in [0, 0.1) is 23.7 Å². The topological polar surface area (TPSA) is 283 Å². The summed E-state index contributed by atoms with van der Waals surface area (Å²) in [5, 5.41) is 10.7. The number of hydrogen-bond acceptors (Lipinski definition) is 19. The van der Waals surface area contributed by atoms with Gasteiger partial charge in [0.2, 0.25) is 0 Å². The molecule has 5 rings (SSSR count). The molecule has 3 fully saturated rings. The first-order valence-corrected chi connectivity index (χ1v) is 26.9. The molecule has 2 amide bonds. The average molecular weight is 1110 g/mol. The normalized spacial score (nSPS) is 14.1. The lowest BCUT2D eigenvalue weighted by Gasteiger charge is -2.30. The zero-order valence-electron chi connectivity index (χ0n) is 47.0. The van der Waals surface area contributed by atoms with Gasteiger partial charge >= 0.3 is 48.0 Å². The number of carbonyl (C=O) groups is 10. The van der Waals surface area contributed by atoms with Crippen LogP contribution in [0.15, 0.2) is 72.3 Å². The summed E-state index contributed by atoms with van der Waals surface area (Å²) in [6, 6.07) is 19.1. The zero-order valence-corrected chi connectivity index (χ0v) is 47.0.